The zero-order valence-corrected chi connectivity index (χ0v) is 15.2. The minimum atomic E-state index is -0.192. The smallest absolute Gasteiger partial charge is 0.318 e. The second-order valence-electron chi connectivity index (χ2n) is 7.60. The third-order valence-corrected chi connectivity index (χ3v) is 5.61. The molecule has 3 rings (SSSR count). The molecule has 25 heavy (non-hydrogen) atoms. The van der Waals surface area contributed by atoms with Crippen molar-refractivity contribution in [2.75, 3.05) is 20.1 Å². The van der Waals surface area contributed by atoms with Crippen molar-refractivity contribution in [2.45, 2.75) is 63.3 Å². The minimum Gasteiger partial charge on any atom is -0.393 e. The lowest BCUT2D eigenvalue weighted by Crippen LogP contribution is -2.52. The predicted molar refractivity (Wildman–Crippen MR) is 99.3 cm³/mol. The highest BCUT2D eigenvalue weighted by Crippen LogP contribution is 2.21. The van der Waals surface area contributed by atoms with E-state index in [4.69, 9.17) is 0 Å². The maximum atomic E-state index is 13.0. The van der Waals surface area contributed by atoms with Crippen LogP contribution in [0.5, 0.6) is 0 Å². The Bertz CT molecular complexity index is 535. The maximum absolute atomic E-state index is 13.0. The van der Waals surface area contributed by atoms with Crippen molar-refractivity contribution < 1.29 is 9.90 Å². The first-order chi connectivity index (χ1) is 12.1. The SMILES string of the molecule is CN1CCC(N(Cc2ccccc2)C(=O)NC2CCC(O)CC2)CC1. The summed E-state index contributed by atoms with van der Waals surface area (Å²) in [7, 11) is 2.14. The number of urea groups is 1. The number of aliphatic hydroxyl groups is 1. The van der Waals surface area contributed by atoms with Crippen molar-refractivity contribution in [3.63, 3.8) is 0 Å². The Balaban J connectivity index is 1.65. The Morgan fingerprint density at radius 2 is 1.76 bits per heavy atom. The topological polar surface area (TPSA) is 55.8 Å². The summed E-state index contributed by atoms with van der Waals surface area (Å²) in [5, 5.41) is 12.9. The summed E-state index contributed by atoms with van der Waals surface area (Å²) in [5.74, 6) is 0. The molecular weight excluding hydrogens is 314 g/mol. The predicted octanol–water partition coefficient (Wildman–Crippen LogP) is 2.60. The number of nitrogens with zero attached hydrogens (tertiary/aromatic N) is 2. The van der Waals surface area contributed by atoms with Gasteiger partial charge in [0.2, 0.25) is 0 Å². The van der Waals surface area contributed by atoms with Crippen LogP contribution < -0.4 is 5.32 Å². The number of carbonyl (C=O) groups excluding carboxylic acids is 1. The van der Waals surface area contributed by atoms with Crippen LogP contribution in [0.1, 0.15) is 44.1 Å². The molecule has 1 aromatic carbocycles. The zero-order valence-electron chi connectivity index (χ0n) is 15.2. The Hall–Kier alpha value is -1.59. The van der Waals surface area contributed by atoms with Crippen molar-refractivity contribution >= 4 is 6.03 Å². The van der Waals surface area contributed by atoms with Crippen molar-refractivity contribution in [2.24, 2.45) is 0 Å². The summed E-state index contributed by atoms with van der Waals surface area (Å²) in [6.45, 7) is 2.74. The van der Waals surface area contributed by atoms with Crippen LogP contribution >= 0.6 is 0 Å². The molecule has 2 aliphatic rings. The maximum Gasteiger partial charge on any atom is 0.318 e. The number of likely N-dealkylation sites (tertiary alicyclic amines) is 1. The van der Waals surface area contributed by atoms with Crippen molar-refractivity contribution in [3.05, 3.63) is 35.9 Å². The summed E-state index contributed by atoms with van der Waals surface area (Å²) >= 11 is 0. The summed E-state index contributed by atoms with van der Waals surface area (Å²) in [4.78, 5) is 17.4. The average molecular weight is 345 g/mol. The number of hydrogen-bond donors (Lipinski definition) is 2. The van der Waals surface area contributed by atoms with Crippen LogP contribution in [0.25, 0.3) is 0 Å². The van der Waals surface area contributed by atoms with E-state index < -0.39 is 0 Å². The largest absolute Gasteiger partial charge is 0.393 e. The molecule has 2 N–H and O–H groups in total. The van der Waals surface area contributed by atoms with Gasteiger partial charge in [-0.15, -0.1) is 0 Å². The highest BCUT2D eigenvalue weighted by atomic mass is 16.3. The van der Waals surface area contributed by atoms with E-state index in [9.17, 15) is 9.90 Å². The molecule has 2 fully saturated rings. The number of nitrogens with one attached hydrogen (secondary N) is 1. The Labute approximate surface area is 151 Å². The van der Waals surface area contributed by atoms with Gasteiger partial charge in [0.1, 0.15) is 0 Å². The van der Waals surface area contributed by atoms with Crippen LogP contribution in [0.15, 0.2) is 30.3 Å². The molecule has 1 heterocycles. The molecule has 1 aliphatic carbocycles. The van der Waals surface area contributed by atoms with Gasteiger partial charge in [0.15, 0.2) is 0 Å². The third-order valence-electron chi connectivity index (χ3n) is 5.61. The first-order valence-electron chi connectivity index (χ1n) is 9.59. The van der Waals surface area contributed by atoms with E-state index >= 15 is 0 Å². The van der Waals surface area contributed by atoms with Gasteiger partial charge < -0.3 is 20.2 Å². The van der Waals surface area contributed by atoms with E-state index in [-0.39, 0.29) is 18.2 Å². The molecule has 5 nitrogen and oxygen atoms in total. The van der Waals surface area contributed by atoms with Crippen LogP contribution in [0.2, 0.25) is 0 Å². The summed E-state index contributed by atoms with van der Waals surface area (Å²) in [6, 6.07) is 10.8. The van der Waals surface area contributed by atoms with E-state index in [0.29, 0.717) is 12.6 Å². The summed E-state index contributed by atoms with van der Waals surface area (Å²) in [6.07, 6.45) is 5.19. The highest BCUT2D eigenvalue weighted by molar-refractivity contribution is 5.75. The molecular formula is C20H31N3O2. The van der Waals surface area contributed by atoms with Gasteiger partial charge >= 0.3 is 6.03 Å². The van der Waals surface area contributed by atoms with Crippen molar-refractivity contribution in [3.8, 4) is 0 Å². The lowest BCUT2D eigenvalue weighted by molar-refractivity contribution is 0.105. The molecule has 0 spiro atoms. The van der Waals surface area contributed by atoms with Gasteiger partial charge in [0.25, 0.3) is 0 Å². The lowest BCUT2D eigenvalue weighted by atomic mass is 9.93. The molecule has 1 saturated carbocycles. The van der Waals surface area contributed by atoms with Gasteiger partial charge in [0.05, 0.1) is 6.10 Å². The molecule has 0 bridgehead atoms. The molecule has 1 aliphatic heterocycles. The molecule has 0 atom stereocenters. The molecule has 138 valence electrons. The minimum absolute atomic E-state index is 0.0554. The molecule has 0 unspecified atom stereocenters. The number of benzene rings is 1. The number of aliphatic hydroxyl groups excluding tert-OH is 1. The first-order valence-corrected chi connectivity index (χ1v) is 9.59. The van der Waals surface area contributed by atoms with Gasteiger partial charge in [-0.3, -0.25) is 0 Å². The second kappa shape index (κ2) is 8.68. The average Bonchev–Trinajstić information content (AvgIpc) is 2.63. The van der Waals surface area contributed by atoms with Crippen LogP contribution in [0, 0.1) is 0 Å². The Morgan fingerprint density at radius 3 is 2.40 bits per heavy atom. The third kappa shape index (κ3) is 5.19. The fourth-order valence-corrected chi connectivity index (χ4v) is 3.93. The van der Waals surface area contributed by atoms with E-state index in [2.05, 4.69) is 29.4 Å². The number of hydrogen-bond acceptors (Lipinski definition) is 3. The van der Waals surface area contributed by atoms with Gasteiger partial charge in [-0.1, -0.05) is 30.3 Å². The first kappa shape index (κ1) is 18.2. The van der Waals surface area contributed by atoms with Gasteiger partial charge in [-0.05, 0) is 64.2 Å². The summed E-state index contributed by atoms with van der Waals surface area (Å²) in [5.41, 5.74) is 1.18. The van der Waals surface area contributed by atoms with Crippen LogP contribution in [-0.4, -0.2) is 59.3 Å². The number of carbonyl (C=O) groups is 1. The highest BCUT2D eigenvalue weighted by Gasteiger charge is 2.29. The van der Waals surface area contributed by atoms with Gasteiger partial charge in [0, 0.05) is 18.6 Å². The molecule has 5 heteroatoms. The Kier molecular flexibility index (Phi) is 6.32. The fraction of sp³-hybridized carbons (Fsp3) is 0.650. The molecule has 0 aromatic heterocycles. The zero-order chi connectivity index (χ0) is 17.6. The molecule has 1 aromatic rings. The fourth-order valence-electron chi connectivity index (χ4n) is 3.93. The second-order valence-corrected chi connectivity index (χ2v) is 7.60. The normalized spacial score (nSPS) is 25.5. The van der Waals surface area contributed by atoms with Crippen LogP contribution in [0.4, 0.5) is 4.79 Å². The van der Waals surface area contributed by atoms with Crippen LogP contribution in [0.3, 0.4) is 0 Å². The standard InChI is InChI=1S/C20H31N3O2/c1-22-13-11-18(12-14-22)23(15-16-5-3-2-4-6-16)20(25)21-17-7-9-19(24)10-8-17/h2-6,17-19,24H,7-15H2,1H3,(H,21,25). The molecule has 0 radical (unpaired) electrons. The Morgan fingerprint density at radius 1 is 1.12 bits per heavy atom. The quantitative estimate of drug-likeness (QED) is 0.882. The lowest BCUT2D eigenvalue weighted by Gasteiger charge is -2.38. The van der Waals surface area contributed by atoms with Crippen molar-refractivity contribution in [1.29, 1.82) is 0 Å². The number of rotatable bonds is 4. The van der Waals surface area contributed by atoms with E-state index in [1.54, 1.807) is 0 Å². The van der Waals surface area contributed by atoms with Crippen molar-refractivity contribution in [1.82, 2.24) is 15.1 Å². The number of amides is 2. The molecule has 1 saturated heterocycles. The van der Waals surface area contributed by atoms with Gasteiger partial charge in [-0.25, -0.2) is 4.79 Å². The monoisotopic (exact) mass is 345 g/mol. The van der Waals surface area contributed by atoms with Crippen LogP contribution in [-0.2, 0) is 6.54 Å². The summed E-state index contributed by atoms with van der Waals surface area (Å²) < 4.78 is 0. The van der Waals surface area contributed by atoms with Gasteiger partial charge in [-0.2, -0.15) is 0 Å². The van der Waals surface area contributed by atoms with E-state index in [1.165, 1.54) is 5.56 Å². The van der Waals surface area contributed by atoms with E-state index in [0.717, 1.165) is 51.6 Å². The van der Waals surface area contributed by atoms with E-state index in [1.807, 2.05) is 23.1 Å². The number of piperidine rings is 1. The molecule has 2 amide bonds.